The molecule has 0 radical (unpaired) electrons. The second-order valence-corrected chi connectivity index (χ2v) is 4.53. The largest absolute Gasteiger partial charge is 0.271 e. The maximum atomic E-state index is 14.0. The van der Waals surface area contributed by atoms with E-state index < -0.39 is 17.7 Å². The summed E-state index contributed by atoms with van der Waals surface area (Å²) in [6.07, 6.45) is 0. The molecule has 0 aliphatic rings. The molecule has 17 heavy (non-hydrogen) atoms. The van der Waals surface area contributed by atoms with Crippen LogP contribution in [0.3, 0.4) is 0 Å². The lowest BCUT2D eigenvalue weighted by Crippen LogP contribution is -2.30. The Hall–Kier alpha value is -1.30. The minimum absolute atomic E-state index is 0.0362. The van der Waals surface area contributed by atoms with Crippen LogP contribution in [-0.4, -0.2) is 0 Å². The fraction of sp³-hybridized carbons (Fsp3) is 0.167. The number of halogens is 2. The van der Waals surface area contributed by atoms with Gasteiger partial charge in [0.05, 0.1) is 6.04 Å². The number of nitrogens with two attached hydrogens (primary N) is 1. The van der Waals surface area contributed by atoms with Gasteiger partial charge >= 0.3 is 0 Å². The number of benzene rings is 1. The second-order valence-electron chi connectivity index (χ2n) is 3.75. The molecule has 0 aliphatic heterocycles. The summed E-state index contributed by atoms with van der Waals surface area (Å²) < 4.78 is 27.7. The zero-order valence-corrected chi connectivity index (χ0v) is 10.0. The number of hydrogen-bond donors (Lipinski definition) is 2. The molecule has 3 N–H and O–H groups in total. The summed E-state index contributed by atoms with van der Waals surface area (Å²) in [4.78, 5) is 0. The molecule has 0 amide bonds. The van der Waals surface area contributed by atoms with Crippen LogP contribution in [0.2, 0.25) is 0 Å². The van der Waals surface area contributed by atoms with E-state index in [9.17, 15) is 8.78 Å². The van der Waals surface area contributed by atoms with Gasteiger partial charge < -0.3 is 0 Å². The van der Waals surface area contributed by atoms with Gasteiger partial charge in [-0.1, -0.05) is 6.07 Å². The van der Waals surface area contributed by atoms with E-state index in [0.717, 1.165) is 5.56 Å². The van der Waals surface area contributed by atoms with Gasteiger partial charge in [0.15, 0.2) is 0 Å². The number of hydrazine groups is 1. The molecular weight excluding hydrogens is 242 g/mol. The van der Waals surface area contributed by atoms with Crippen LogP contribution in [0.1, 0.15) is 22.7 Å². The molecule has 1 heterocycles. The van der Waals surface area contributed by atoms with Crippen molar-refractivity contribution in [3.8, 4) is 0 Å². The fourth-order valence-corrected chi connectivity index (χ4v) is 2.41. The third-order valence-corrected chi connectivity index (χ3v) is 3.35. The van der Waals surface area contributed by atoms with Crippen LogP contribution in [0.4, 0.5) is 8.78 Å². The predicted molar refractivity (Wildman–Crippen MR) is 64.6 cm³/mol. The molecule has 0 spiro atoms. The Kier molecular flexibility index (Phi) is 3.51. The van der Waals surface area contributed by atoms with Crippen molar-refractivity contribution in [1.29, 1.82) is 0 Å². The Morgan fingerprint density at radius 1 is 1.29 bits per heavy atom. The minimum atomic E-state index is -0.666. The summed E-state index contributed by atoms with van der Waals surface area (Å²) >= 11 is 1.45. The van der Waals surface area contributed by atoms with E-state index in [4.69, 9.17) is 5.84 Å². The molecule has 1 unspecified atom stereocenters. The monoisotopic (exact) mass is 254 g/mol. The smallest absolute Gasteiger partial charge is 0.134 e. The Morgan fingerprint density at radius 2 is 2.06 bits per heavy atom. The third-order valence-electron chi connectivity index (χ3n) is 2.65. The molecule has 2 aromatic rings. The molecule has 1 aromatic carbocycles. The Bertz CT molecular complexity index is 511. The van der Waals surface area contributed by atoms with Gasteiger partial charge in [0.2, 0.25) is 0 Å². The van der Waals surface area contributed by atoms with Crippen molar-refractivity contribution in [3.05, 3.63) is 57.3 Å². The molecule has 2 rings (SSSR count). The summed E-state index contributed by atoms with van der Waals surface area (Å²) in [5, 5.41) is 3.65. The van der Waals surface area contributed by atoms with E-state index in [1.54, 1.807) is 13.0 Å². The normalized spacial score (nSPS) is 12.7. The predicted octanol–water partition coefficient (Wildman–Crippen LogP) is 2.89. The third kappa shape index (κ3) is 2.22. The molecule has 0 fully saturated rings. The summed E-state index contributed by atoms with van der Waals surface area (Å²) in [7, 11) is 0. The van der Waals surface area contributed by atoms with Crippen LogP contribution in [0.15, 0.2) is 29.0 Å². The van der Waals surface area contributed by atoms with Crippen LogP contribution in [0.5, 0.6) is 0 Å². The number of nitrogens with one attached hydrogen (secondary N) is 1. The van der Waals surface area contributed by atoms with Crippen LogP contribution in [-0.2, 0) is 0 Å². The molecule has 0 saturated heterocycles. The van der Waals surface area contributed by atoms with E-state index in [1.807, 2.05) is 10.8 Å². The average Bonchev–Trinajstić information content (AvgIpc) is 2.83. The van der Waals surface area contributed by atoms with Gasteiger partial charge in [-0.05, 0) is 40.9 Å². The van der Waals surface area contributed by atoms with Crippen molar-refractivity contribution in [1.82, 2.24) is 5.43 Å². The van der Waals surface area contributed by atoms with Gasteiger partial charge in [-0.2, -0.15) is 11.3 Å². The van der Waals surface area contributed by atoms with Crippen molar-refractivity contribution in [2.45, 2.75) is 13.0 Å². The van der Waals surface area contributed by atoms with Crippen molar-refractivity contribution in [2.75, 3.05) is 0 Å². The molecular formula is C12H12F2N2S. The molecule has 2 nitrogen and oxygen atoms in total. The van der Waals surface area contributed by atoms with Gasteiger partial charge in [-0.15, -0.1) is 0 Å². The summed E-state index contributed by atoms with van der Waals surface area (Å²) in [5.74, 6) is 4.25. The molecule has 5 heteroatoms. The lowest BCUT2D eigenvalue weighted by Gasteiger charge is -2.17. The van der Waals surface area contributed by atoms with Crippen LogP contribution >= 0.6 is 11.3 Å². The molecule has 0 bridgehead atoms. The summed E-state index contributed by atoms with van der Waals surface area (Å²) in [6.45, 7) is 1.60. The average molecular weight is 254 g/mol. The van der Waals surface area contributed by atoms with Crippen molar-refractivity contribution in [3.63, 3.8) is 0 Å². The maximum Gasteiger partial charge on any atom is 0.134 e. The van der Waals surface area contributed by atoms with Gasteiger partial charge in [0.25, 0.3) is 0 Å². The quantitative estimate of drug-likeness (QED) is 0.653. The second kappa shape index (κ2) is 4.91. The van der Waals surface area contributed by atoms with Gasteiger partial charge in [-0.3, -0.25) is 5.84 Å². The molecule has 1 aromatic heterocycles. The first-order valence-electron chi connectivity index (χ1n) is 5.08. The molecule has 0 saturated carbocycles. The summed E-state index contributed by atoms with van der Waals surface area (Å²) in [6, 6.07) is 3.79. The molecule has 0 aliphatic carbocycles. The van der Waals surface area contributed by atoms with Crippen LogP contribution in [0.25, 0.3) is 0 Å². The van der Waals surface area contributed by atoms with Crippen LogP contribution < -0.4 is 11.3 Å². The Labute approximate surface area is 102 Å². The Morgan fingerprint density at radius 3 is 2.65 bits per heavy atom. The lowest BCUT2D eigenvalue weighted by atomic mass is 9.98. The van der Waals surface area contributed by atoms with Crippen molar-refractivity contribution in [2.24, 2.45) is 5.84 Å². The summed E-state index contributed by atoms with van der Waals surface area (Å²) in [5.41, 5.74) is 3.57. The lowest BCUT2D eigenvalue weighted by molar-refractivity contribution is 0.507. The highest BCUT2D eigenvalue weighted by Crippen LogP contribution is 2.29. The molecule has 1 atom stereocenters. The van der Waals surface area contributed by atoms with Crippen molar-refractivity contribution < 1.29 is 8.78 Å². The molecule has 90 valence electrons. The first-order chi connectivity index (χ1) is 8.15. The Balaban J connectivity index is 2.55. The van der Waals surface area contributed by atoms with Crippen LogP contribution in [0, 0.1) is 18.6 Å². The van der Waals surface area contributed by atoms with Gasteiger partial charge in [0, 0.05) is 5.56 Å². The van der Waals surface area contributed by atoms with E-state index in [0.29, 0.717) is 5.56 Å². The first kappa shape index (κ1) is 12.2. The number of hydrogen-bond acceptors (Lipinski definition) is 3. The number of thiophene rings is 1. The fourth-order valence-electron chi connectivity index (χ4n) is 1.73. The number of rotatable bonds is 3. The van der Waals surface area contributed by atoms with E-state index >= 15 is 0 Å². The zero-order valence-electron chi connectivity index (χ0n) is 9.21. The van der Waals surface area contributed by atoms with Gasteiger partial charge in [-0.25, -0.2) is 14.2 Å². The minimum Gasteiger partial charge on any atom is -0.271 e. The standard InChI is InChI=1S/C12H12F2N2S/c1-7-2-3-9(13)10(11(7)14)12(16-15)8-4-5-17-6-8/h2-6,12,16H,15H2,1H3. The maximum absolute atomic E-state index is 14.0. The number of aryl methyl sites for hydroxylation is 1. The zero-order chi connectivity index (χ0) is 12.4. The van der Waals surface area contributed by atoms with E-state index in [2.05, 4.69) is 5.43 Å². The highest BCUT2D eigenvalue weighted by atomic mass is 32.1. The topological polar surface area (TPSA) is 38.0 Å². The highest BCUT2D eigenvalue weighted by Gasteiger charge is 2.22. The first-order valence-corrected chi connectivity index (χ1v) is 6.02. The van der Waals surface area contributed by atoms with E-state index in [-0.39, 0.29) is 5.56 Å². The SMILES string of the molecule is Cc1ccc(F)c(C(NN)c2ccsc2)c1F. The van der Waals surface area contributed by atoms with Crippen molar-refractivity contribution >= 4 is 11.3 Å². The highest BCUT2D eigenvalue weighted by molar-refractivity contribution is 7.08. The van der Waals surface area contributed by atoms with Gasteiger partial charge in [0.1, 0.15) is 11.6 Å². The van der Waals surface area contributed by atoms with E-state index in [1.165, 1.54) is 23.5 Å².